The molecule has 2 aromatic rings. The Morgan fingerprint density at radius 1 is 1.05 bits per heavy atom. The number of hydrogen-bond donors (Lipinski definition) is 2. The van der Waals surface area contributed by atoms with Crippen LogP contribution in [0, 0.1) is 0 Å². The van der Waals surface area contributed by atoms with E-state index in [1.165, 1.54) is 0 Å². The lowest BCUT2D eigenvalue weighted by Gasteiger charge is -2.12. The highest BCUT2D eigenvalue weighted by atomic mass is 32.2. The summed E-state index contributed by atoms with van der Waals surface area (Å²) in [6.07, 6.45) is 0.834. The number of benzene rings is 2. The van der Waals surface area contributed by atoms with Gasteiger partial charge in [-0.1, -0.05) is 31.2 Å². The Kier molecular flexibility index (Phi) is 4.98. The molecule has 0 amide bonds. The van der Waals surface area contributed by atoms with Crippen molar-refractivity contribution in [1.82, 2.24) is 0 Å². The Labute approximate surface area is 125 Å². The molecule has 4 nitrogen and oxygen atoms in total. The first-order valence-corrected chi connectivity index (χ1v) is 8.60. The topological polar surface area (TPSA) is 72.2 Å². The van der Waals surface area contributed by atoms with Gasteiger partial charge in [-0.25, -0.2) is 8.42 Å². The molecule has 0 atom stereocenters. The normalized spacial score (nSPS) is 11.3. The highest BCUT2D eigenvalue weighted by molar-refractivity contribution is 7.91. The minimum absolute atomic E-state index is 0.0845. The molecule has 0 saturated carbocycles. The van der Waals surface area contributed by atoms with Crippen molar-refractivity contribution >= 4 is 21.2 Å². The van der Waals surface area contributed by atoms with Gasteiger partial charge in [-0.15, -0.1) is 0 Å². The first-order chi connectivity index (χ1) is 10.1. The number of hydrogen-bond acceptors (Lipinski definition) is 4. The summed E-state index contributed by atoms with van der Waals surface area (Å²) in [6, 6.07) is 14.8. The van der Waals surface area contributed by atoms with Crippen LogP contribution in [0.4, 0.5) is 11.4 Å². The molecule has 0 fully saturated rings. The highest BCUT2D eigenvalue weighted by Gasteiger charge is 2.15. The van der Waals surface area contributed by atoms with E-state index in [0.717, 1.165) is 17.7 Å². The van der Waals surface area contributed by atoms with E-state index in [2.05, 4.69) is 5.32 Å². The summed E-state index contributed by atoms with van der Waals surface area (Å²) in [5, 5.41) is 3.17. The van der Waals surface area contributed by atoms with Gasteiger partial charge >= 0.3 is 0 Å². The average Bonchev–Trinajstić information content (AvgIpc) is 2.50. The van der Waals surface area contributed by atoms with E-state index in [-0.39, 0.29) is 5.75 Å². The quantitative estimate of drug-likeness (QED) is 0.860. The monoisotopic (exact) mass is 304 g/mol. The molecule has 2 aromatic carbocycles. The van der Waals surface area contributed by atoms with Gasteiger partial charge < -0.3 is 11.1 Å². The van der Waals surface area contributed by atoms with Crippen LogP contribution in [0.2, 0.25) is 0 Å². The molecular weight excluding hydrogens is 284 g/mol. The summed E-state index contributed by atoms with van der Waals surface area (Å²) in [5.41, 5.74) is 8.15. The minimum Gasteiger partial charge on any atom is -0.354 e. The van der Waals surface area contributed by atoms with Crippen LogP contribution in [0.1, 0.15) is 12.5 Å². The van der Waals surface area contributed by atoms with Crippen LogP contribution in [-0.2, 0) is 16.3 Å². The van der Waals surface area contributed by atoms with Crippen molar-refractivity contribution in [1.29, 1.82) is 0 Å². The lowest BCUT2D eigenvalue weighted by molar-refractivity contribution is 0.597. The number of nitrogens with two attached hydrogens (primary N) is 1. The molecule has 0 aliphatic rings. The maximum Gasteiger partial charge on any atom is 0.180 e. The summed E-state index contributed by atoms with van der Waals surface area (Å²) < 4.78 is 24.2. The second kappa shape index (κ2) is 6.74. The van der Waals surface area contributed by atoms with E-state index in [0.29, 0.717) is 17.1 Å². The third-order valence-corrected chi connectivity index (χ3v) is 5.05. The fourth-order valence-electron chi connectivity index (χ4n) is 2.07. The fraction of sp³-hybridized carbons (Fsp3) is 0.250. The van der Waals surface area contributed by atoms with Crippen LogP contribution in [0.25, 0.3) is 0 Å². The van der Waals surface area contributed by atoms with Crippen molar-refractivity contribution in [2.75, 3.05) is 17.6 Å². The molecule has 0 bridgehead atoms. The standard InChI is InChI=1S/C16H20N2O2S/c1-2-21(19,20)16-6-4-3-5-15(16)18-14-9-7-13(8-10-14)11-12-17/h3-10,18H,2,11-12,17H2,1H3. The number of para-hydroxylation sites is 1. The van der Waals surface area contributed by atoms with Crippen molar-refractivity contribution in [3.8, 4) is 0 Å². The molecule has 5 heteroatoms. The molecule has 21 heavy (non-hydrogen) atoms. The van der Waals surface area contributed by atoms with E-state index < -0.39 is 9.84 Å². The molecule has 2 rings (SSSR count). The molecule has 0 spiro atoms. The van der Waals surface area contributed by atoms with Gasteiger partial charge in [0.25, 0.3) is 0 Å². The predicted molar refractivity (Wildman–Crippen MR) is 86.7 cm³/mol. The molecule has 3 N–H and O–H groups in total. The van der Waals surface area contributed by atoms with Gasteiger partial charge in [0, 0.05) is 5.69 Å². The van der Waals surface area contributed by atoms with E-state index in [9.17, 15) is 8.42 Å². The van der Waals surface area contributed by atoms with E-state index in [1.807, 2.05) is 30.3 Å². The van der Waals surface area contributed by atoms with Crippen molar-refractivity contribution in [3.63, 3.8) is 0 Å². The zero-order valence-corrected chi connectivity index (χ0v) is 12.9. The lowest BCUT2D eigenvalue weighted by Crippen LogP contribution is -2.07. The van der Waals surface area contributed by atoms with E-state index in [4.69, 9.17) is 5.73 Å². The molecule has 0 unspecified atom stereocenters. The summed E-state index contributed by atoms with van der Waals surface area (Å²) in [5.74, 6) is 0.0845. The maximum atomic E-state index is 12.1. The van der Waals surface area contributed by atoms with Crippen LogP contribution in [0.5, 0.6) is 0 Å². The average molecular weight is 304 g/mol. The summed E-state index contributed by atoms with van der Waals surface area (Å²) >= 11 is 0. The molecule has 0 aromatic heterocycles. The second-order valence-corrected chi connectivity index (χ2v) is 7.01. The van der Waals surface area contributed by atoms with Gasteiger partial charge in [-0.2, -0.15) is 0 Å². The number of anilines is 2. The molecule has 112 valence electrons. The van der Waals surface area contributed by atoms with E-state index in [1.54, 1.807) is 25.1 Å². The lowest BCUT2D eigenvalue weighted by atomic mass is 10.1. The van der Waals surface area contributed by atoms with Crippen molar-refractivity contribution in [3.05, 3.63) is 54.1 Å². The summed E-state index contributed by atoms with van der Waals surface area (Å²) in [6.45, 7) is 2.26. The van der Waals surface area contributed by atoms with Crippen LogP contribution in [0.15, 0.2) is 53.4 Å². The second-order valence-electron chi connectivity index (χ2n) is 4.76. The molecule has 0 aliphatic carbocycles. The van der Waals surface area contributed by atoms with Gasteiger partial charge in [-0.3, -0.25) is 0 Å². The molecule has 0 aliphatic heterocycles. The van der Waals surface area contributed by atoms with Crippen molar-refractivity contribution in [2.24, 2.45) is 5.73 Å². The first-order valence-electron chi connectivity index (χ1n) is 6.94. The Balaban J connectivity index is 2.28. The van der Waals surface area contributed by atoms with Gasteiger partial charge in [0.2, 0.25) is 0 Å². The van der Waals surface area contributed by atoms with Crippen molar-refractivity contribution < 1.29 is 8.42 Å². The SMILES string of the molecule is CCS(=O)(=O)c1ccccc1Nc1ccc(CCN)cc1. The van der Waals surface area contributed by atoms with Gasteiger partial charge in [-0.05, 0) is 42.8 Å². The summed E-state index contributed by atoms with van der Waals surface area (Å²) in [4.78, 5) is 0.332. The number of sulfone groups is 1. The van der Waals surface area contributed by atoms with Gasteiger partial charge in [0.05, 0.1) is 16.3 Å². The van der Waals surface area contributed by atoms with Crippen LogP contribution < -0.4 is 11.1 Å². The Bertz CT molecular complexity index is 694. The predicted octanol–water partition coefficient (Wildman–Crippen LogP) is 2.73. The molecular formula is C16H20N2O2S. The fourth-order valence-corrected chi connectivity index (χ4v) is 3.12. The third-order valence-electron chi connectivity index (χ3n) is 3.27. The molecule has 0 heterocycles. The van der Waals surface area contributed by atoms with Gasteiger partial charge in [0.15, 0.2) is 9.84 Å². The first kappa shape index (κ1) is 15.5. The van der Waals surface area contributed by atoms with Crippen molar-refractivity contribution in [2.45, 2.75) is 18.2 Å². The highest BCUT2D eigenvalue weighted by Crippen LogP contribution is 2.25. The Hall–Kier alpha value is -1.85. The van der Waals surface area contributed by atoms with Gasteiger partial charge in [0.1, 0.15) is 0 Å². The Morgan fingerprint density at radius 2 is 1.71 bits per heavy atom. The number of rotatable bonds is 6. The Morgan fingerprint density at radius 3 is 2.33 bits per heavy atom. The third kappa shape index (κ3) is 3.83. The van der Waals surface area contributed by atoms with Crippen LogP contribution in [-0.4, -0.2) is 20.7 Å². The number of nitrogens with one attached hydrogen (secondary N) is 1. The zero-order valence-electron chi connectivity index (χ0n) is 12.0. The zero-order chi connectivity index (χ0) is 15.3. The smallest absolute Gasteiger partial charge is 0.180 e. The summed E-state index contributed by atoms with van der Waals surface area (Å²) in [7, 11) is -3.24. The molecule has 0 saturated heterocycles. The maximum absolute atomic E-state index is 12.1. The van der Waals surface area contributed by atoms with Crippen LogP contribution >= 0.6 is 0 Å². The minimum atomic E-state index is -3.24. The van der Waals surface area contributed by atoms with Crippen LogP contribution in [0.3, 0.4) is 0 Å². The largest absolute Gasteiger partial charge is 0.354 e. The van der Waals surface area contributed by atoms with E-state index >= 15 is 0 Å². The molecule has 0 radical (unpaired) electrons.